The van der Waals surface area contributed by atoms with Gasteiger partial charge in [-0.25, -0.2) is 28.3 Å². The van der Waals surface area contributed by atoms with Crippen LogP contribution in [0.4, 0.5) is 9.93 Å². The second-order valence-electron chi connectivity index (χ2n) is 4.98. The van der Waals surface area contributed by atoms with E-state index in [0.29, 0.717) is 5.13 Å². The smallest absolute Gasteiger partial charge is 0.272 e. The number of rotatable bonds is 4. The third-order valence-electron chi connectivity index (χ3n) is 3.14. The Bertz CT molecular complexity index is 948. The Hall–Kier alpha value is -2.65. The maximum atomic E-state index is 12.1. The molecule has 3 rings (SSSR count). The van der Waals surface area contributed by atoms with Gasteiger partial charge in [-0.05, 0) is 31.2 Å². The standard InChI is InChI=1S/C15H14N4O3S2/c1-10-6-8-11(9-7-10)24(21,22)19-14(20)17-18-15-16-12-4-2-3-5-13(12)23-15/h2-9H,1H3,(H,16,18)(H2,17,19,20). The van der Waals surface area contributed by atoms with Crippen LogP contribution in [-0.2, 0) is 10.0 Å². The molecule has 0 unspecified atom stereocenters. The average Bonchev–Trinajstić information content (AvgIpc) is 2.96. The van der Waals surface area contributed by atoms with Gasteiger partial charge in [0.25, 0.3) is 10.0 Å². The van der Waals surface area contributed by atoms with E-state index in [4.69, 9.17) is 0 Å². The molecular formula is C15H14N4O3S2. The number of urea groups is 1. The molecule has 1 aromatic heterocycles. The van der Waals surface area contributed by atoms with Gasteiger partial charge in [-0.1, -0.05) is 41.2 Å². The molecule has 1 heterocycles. The first-order chi connectivity index (χ1) is 11.4. The van der Waals surface area contributed by atoms with E-state index in [1.807, 2.05) is 35.9 Å². The molecular weight excluding hydrogens is 348 g/mol. The van der Waals surface area contributed by atoms with Crippen molar-refractivity contribution in [1.82, 2.24) is 15.1 Å². The number of hydrazine groups is 1. The number of hydrogen-bond donors (Lipinski definition) is 3. The quantitative estimate of drug-likeness (QED) is 0.620. The molecule has 0 saturated carbocycles. The zero-order valence-corrected chi connectivity index (χ0v) is 14.2. The van der Waals surface area contributed by atoms with Gasteiger partial charge in [0, 0.05) is 0 Å². The van der Waals surface area contributed by atoms with Crippen LogP contribution < -0.4 is 15.6 Å². The third kappa shape index (κ3) is 3.63. The van der Waals surface area contributed by atoms with Gasteiger partial charge in [0.1, 0.15) is 0 Å². The van der Waals surface area contributed by atoms with E-state index in [1.54, 1.807) is 12.1 Å². The number of aromatic nitrogens is 1. The van der Waals surface area contributed by atoms with E-state index >= 15 is 0 Å². The number of amides is 2. The van der Waals surface area contributed by atoms with E-state index in [9.17, 15) is 13.2 Å². The van der Waals surface area contributed by atoms with E-state index in [1.165, 1.54) is 23.5 Å². The van der Waals surface area contributed by atoms with Crippen LogP contribution in [0, 0.1) is 6.92 Å². The van der Waals surface area contributed by atoms with Crippen molar-refractivity contribution in [2.75, 3.05) is 5.43 Å². The maximum Gasteiger partial charge on any atom is 0.347 e. The summed E-state index contributed by atoms with van der Waals surface area (Å²) in [6.45, 7) is 1.85. The highest BCUT2D eigenvalue weighted by Crippen LogP contribution is 2.24. The van der Waals surface area contributed by atoms with Crippen LogP contribution in [0.25, 0.3) is 10.2 Å². The first kappa shape index (κ1) is 16.2. The first-order valence-electron chi connectivity index (χ1n) is 6.95. The highest BCUT2D eigenvalue weighted by Gasteiger charge is 2.17. The summed E-state index contributed by atoms with van der Waals surface area (Å²) in [5.41, 5.74) is 6.58. The largest absolute Gasteiger partial charge is 0.347 e. The monoisotopic (exact) mass is 362 g/mol. The SMILES string of the molecule is Cc1ccc(S(=O)(=O)NC(=O)NNc2nc3ccccc3s2)cc1. The predicted octanol–water partition coefficient (Wildman–Crippen LogP) is 2.62. The number of sulfonamides is 1. The molecule has 24 heavy (non-hydrogen) atoms. The van der Waals surface area contributed by atoms with Crippen molar-refractivity contribution in [3.63, 3.8) is 0 Å². The van der Waals surface area contributed by atoms with Gasteiger partial charge in [-0.15, -0.1) is 0 Å². The number of nitrogens with one attached hydrogen (secondary N) is 3. The number of hydrogen-bond acceptors (Lipinski definition) is 6. The van der Waals surface area contributed by atoms with Gasteiger partial charge < -0.3 is 0 Å². The first-order valence-corrected chi connectivity index (χ1v) is 9.25. The minimum Gasteiger partial charge on any atom is -0.272 e. The van der Waals surface area contributed by atoms with Crippen LogP contribution in [0.3, 0.4) is 0 Å². The van der Waals surface area contributed by atoms with E-state index in [0.717, 1.165) is 15.8 Å². The molecule has 0 atom stereocenters. The van der Waals surface area contributed by atoms with Gasteiger partial charge in [0.05, 0.1) is 15.1 Å². The van der Waals surface area contributed by atoms with Gasteiger partial charge in [0.15, 0.2) is 0 Å². The molecule has 0 spiro atoms. The number of carbonyl (C=O) groups is 1. The molecule has 0 radical (unpaired) electrons. The number of fused-ring (bicyclic) bond motifs is 1. The van der Waals surface area contributed by atoms with Crippen molar-refractivity contribution in [3.8, 4) is 0 Å². The Morgan fingerprint density at radius 1 is 1.08 bits per heavy atom. The molecule has 3 N–H and O–H groups in total. The molecule has 0 aliphatic rings. The summed E-state index contributed by atoms with van der Waals surface area (Å²) in [5.74, 6) is 0. The average molecular weight is 362 g/mol. The fourth-order valence-electron chi connectivity index (χ4n) is 1.96. The van der Waals surface area contributed by atoms with Gasteiger partial charge in [-0.3, -0.25) is 5.43 Å². The van der Waals surface area contributed by atoms with Crippen LogP contribution in [0.15, 0.2) is 53.4 Å². The molecule has 124 valence electrons. The summed E-state index contributed by atoms with van der Waals surface area (Å²) >= 11 is 1.34. The summed E-state index contributed by atoms with van der Waals surface area (Å²) in [4.78, 5) is 16.1. The lowest BCUT2D eigenvalue weighted by atomic mass is 10.2. The number of thiazole rings is 1. The van der Waals surface area contributed by atoms with Gasteiger partial charge >= 0.3 is 6.03 Å². The molecule has 3 aromatic rings. The Balaban J connectivity index is 1.63. The van der Waals surface area contributed by atoms with Gasteiger partial charge in [-0.2, -0.15) is 0 Å². The molecule has 9 heteroatoms. The van der Waals surface area contributed by atoms with Crippen molar-refractivity contribution in [1.29, 1.82) is 0 Å². The van der Waals surface area contributed by atoms with Crippen LogP contribution >= 0.6 is 11.3 Å². The number of carbonyl (C=O) groups excluding carboxylic acids is 1. The zero-order valence-electron chi connectivity index (χ0n) is 12.6. The van der Waals surface area contributed by atoms with Gasteiger partial charge in [0.2, 0.25) is 5.13 Å². The molecule has 0 fully saturated rings. The second kappa shape index (κ2) is 6.46. The fourth-order valence-corrected chi connectivity index (χ4v) is 3.69. The summed E-state index contributed by atoms with van der Waals surface area (Å²) in [6, 6.07) is 12.8. The normalized spacial score (nSPS) is 11.2. The summed E-state index contributed by atoms with van der Waals surface area (Å²) in [5, 5.41) is 0.457. The Labute approximate surface area is 142 Å². The number of para-hydroxylation sites is 1. The van der Waals surface area contributed by atoms with Crippen LogP contribution in [-0.4, -0.2) is 19.4 Å². The Morgan fingerprint density at radius 3 is 2.50 bits per heavy atom. The second-order valence-corrected chi connectivity index (χ2v) is 7.70. The number of benzene rings is 2. The molecule has 0 saturated heterocycles. The third-order valence-corrected chi connectivity index (χ3v) is 5.43. The van der Waals surface area contributed by atoms with Crippen molar-refractivity contribution >= 4 is 42.7 Å². The van der Waals surface area contributed by atoms with Crippen molar-refractivity contribution < 1.29 is 13.2 Å². The molecule has 2 amide bonds. The summed E-state index contributed by atoms with van der Waals surface area (Å²) in [7, 11) is -3.92. The van der Waals surface area contributed by atoms with Crippen molar-refractivity contribution in [2.45, 2.75) is 11.8 Å². The number of nitrogens with zero attached hydrogens (tertiary/aromatic N) is 1. The molecule has 7 nitrogen and oxygen atoms in total. The predicted molar refractivity (Wildman–Crippen MR) is 93.3 cm³/mol. The maximum absolute atomic E-state index is 12.1. The summed E-state index contributed by atoms with van der Waals surface area (Å²) in [6.07, 6.45) is 0. The molecule has 0 aliphatic carbocycles. The topological polar surface area (TPSA) is 100 Å². The Kier molecular flexibility index (Phi) is 4.36. The molecule has 0 bridgehead atoms. The lowest BCUT2D eigenvalue weighted by Gasteiger charge is -2.09. The highest BCUT2D eigenvalue weighted by atomic mass is 32.2. The fraction of sp³-hybridized carbons (Fsp3) is 0.0667. The van der Waals surface area contributed by atoms with Crippen LogP contribution in [0.2, 0.25) is 0 Å². The number of anilines is 1. The minimum absolute atomic E-state index is 0.0169. The Morgan fingerprint density at radius 2 is 1.79 bits per heavy atom. The van der Waals surface area contributed by atoms with Crippen LogP contribution in [0.5, 0.6) is 0 Å². The van der Waals surface area contributed by atoms with Crippen molar-refractivity contribution in [2.24, 2.45) is 0 Å². The van der Waals surface area contributed by atoms with Crippen molar-refractivity contribution in [3.05, 3.63) is 54.1 Å². The molecule has 2 aromatic carbocycles. The molecule has 0 aliphatic heterocycles. The van der Waals surface area contributed by atoms with E-state index < -0.39 is 16.1 Å². The van der Waals surface area contributed by atoms with E-state index in [2.05, 4.69) is 15.8 Å². The summed E-state index contributed by atoms with van der Waals surface area (Å²) < 4.78 is 27.1. The lowest BCUT2D eigenvalue weighted by Crippen LogP contribution is -2.42. The highest BCUT2D eigenvalue weighted by molar-refractivity contribution is 7.90. The van der Waals surface area contributed by atoms with E-state index in [-0.39, 0.29) is 4.90 Å². The lowest BCUT2D eigenvalue weighted by molar-refractivity contribution is 0.247. The van der Waals surface area contributed by atoms with Crippen LogP contribution in [0.1, 0.15) is 5.56 Å². The number of aryl methyl sites for hydroxylation is 1. The minimum atomic E-state index is -3.92. The zero-order chi connectivity index (χ0) is 17.2.